The van der Waals surface area contributed by atoms with Crippen molar-refractivity contribution < 1.29 is 9.90 Å². The van der Waals surface area contributed by atoms with Crippen LogP contribution in [0.15, 0.2) is 18.2 Å². The Morgan fingerprint density at radius 2 is 1.89 bits per heavy atom. The SMILES string of the molecule is Cc1ccc(-c2c(C)nn(CC(=O)O)c2C)cc1C. The molecule has 0 spiro atoms. The van der Waals surface area contributed by atoms with Crippen LogP contribution >= 0.6 is 0 Å². The van der Waals surface area contributed by atoms with E-state index in [9.17, 15) is 4.79 Å². The van der Waals surface area contributed by atoms with Gasteiger partial charge in [-0.3, -0.25) is 9.48 Å². The lowest BCUT2D eigenvalue weighted by molar-refractivity contribution is -0.137. The van der Waals surface area contributed by atoms with E-state index in [4.69, 9.17) is 5.11 Å². The van der Waals surface area contributed by atoms with E-state index in [0.717, 1.165) is 22.5 Å². The minimum absolute atomic E-state index is 0.0997. The van der Waals surface area contributed by atoms with Crippen LogP contribution in [0.4, 0.5) is 0 Å². The van der Waals surface area contributed by atoms with E-state index in [0.29, 0.717) is 0 Å². The first-order chi connectivity index (χ1) is 8.90. The molecule has 2 rings (SSSR count). The molecule has 0 radical (unpaired) electrons. The molecular formula is C15H18N2O2. The van der Waals surface area contributed by atoms with E-state index in [1.54, 1.807) is 4.68 Å². The number of hydrogen-bond acceptors (Lipinski definition) is 2. The zero-order valence-electron chi connectivity index (χ0n) is 11.7. The first kappa shape index (κ1) is 13.3. The summed E-state index contributed by atoms with van der Waals surface area (Å²) in [4.78, 5) is 10.8. The Kier molecular flexibility index (Phi) is 3.42. The smallest absolute Gasteiger partial charge is 0.325 e. The van der Waals surface area contributed by atoms with Gasteiger partial charge in [0.25, 0.3) is 0 Å². The van der Waals surface area contributed by atoms with Gasteiger partial charge in [0.1, 0.15) is 6.54 Å². The number of hydrogen-bond donors (Lipinski definition) is 1. The number of aliphatic carboxylic acids is 1. The summed E-state index contributed by atoms with van der Waals surface area (Å²) >= 11 is 0. The van der Waals surface area contributed by atoms with E-state index in [1.165, 1.54) is 11.1 Å². The number of carbonyl (C=O) groups is 1. The summed E-state index contributed by atoms with van der Waals surface area (Å²) in [7, 11) is 0. The fourth-order valence-electron chi connectivity index (χ4n) is 2.29. The summed E-state index contributed by atoms with van der Waals surface area (Å²) in [6.45, 7) is 7.87. The Hall–Kier alpha value is -2.10. The second-order valence-corrected chi connectivity index (χ2v) is 4.90. The van der Waals surface area contributed by atoms with Crippen molar-refractivity contribution in [3.8, 4) is 11.1 Å². The lowest BCUT2D eigenvalue weighted by Crippen LogP contribution is -2.11. The minimum Gasteiger partial charge on any atom is -0.480 e. The molecule has 100 valence electrons. The van der Waals surface area contributed by atoms with Crippen molar-refractivity contribution in [3.05, 3.63) is 40.7 Å². The van der Waals surface area contributed by atoms with E-state index in [2.05, 4.69) is 37.1 Å². The van der Waals surface area contributed by atoms with Gasteiger partial charge in [-0.25, -0.2) is 0 Å². The van der Waals surface area contributed by atoms with E-state index in [-0.39, 0.29) is 6.54 Å². The quantitative estimate of drug-likeness (QED) is 0.921. The Morgan fingerprint density at radius 3 is 2.47 bits per heavy atom. The van der Waals surface area contributed by atoms with Crippen LogP contribution in [0.2, 0.25) is 0 Å². The van der Waals surface area contributed by atoms with Crippen LogP contribution in [0, 0.1) is 27.7 Å². The van der Waals surface area contributed by atoms with E-state index >= 15 is 0 Å². The summed E-state index contributed by atoms with van der Waals surface area (Å²) in [6.07, 6.45) is 0. The maximum Gasteiger partial charge on any atom is 0.325 e. The standard InChI is InChI=1S/C15H18N2O2/c1-9-5-6-13(7-10(9)2)15-11(3)16-17(12(15)4)8-14(18)19/h5-7H,8H2,1-4H3,(H,18,19). The molecule has 0 saturated carbocycles. The second-order valence-electron chi connectivity index (χ2n) is 4.90. The molecule has 1 heterocycles. The lowest BCUT2D eigenvalue weighted by atomic mass is 9.99. The Labute approximate surface area is 112 Å². The third-order valence-electron chi connectivity index (χ3n) is 3.46. The van der Waals surface area contributed by atoms with Crippen LogP contribution in [0.3, 0.4) is 0 Å². The predicted octanol–water partition coefficient (Wildman–Crippen LogP) is 2.87. The fraction of sp³-hybridized carbons (Fsp3) is 0.333. The molecule has 4 nitrogen and oxygen atoms in total. The van der Waals surface area contributed by atoms with Crippen LogP contribution in [0.5, 0.6) is 0 Å². The van der Waals surface area contributed by atoms with Crippen molar-refractivity contribution in [2.75, 3.05) is 0 Å². The monoisotopic (exact) mass is 258 g/mol. The second kappa shape index (κ2) is 4.88. The van der Waals surface area contributed by atoms with Crippen LogP contribution in [-0.4, -0.2) is 20.9 Å². The van der Waals surface area contributed by atoms with Gasteiger partial charge < -0.3 is 5.11 Å². The van der Waals surface area contributed by atoms with Gasteiger partial charge >= 0.3 is 5.97 Å². The van der Waals surface area contributed by atoms with Gasteiger partial charge in [-0.15, -0.1) is 0 Å². The highest BCUT2D eigenvalue weighted by molar-refractivity contribution is 5.71. The summed E-state index contributed by atoms with van der Waals surface area (Å²) in [6, 6.07) is 6.26. The highest BCUT2D eigenvalue weighted by atomic mass is 16.4. The highest BCUT2D eigenvalue weighted by Crippen LogP contribution is 2.28. The van der Waals surface area contributed by atoms with Gasteiger partial charge in [-0.05, 0) is 44.4 Å². The molecule has 0 aliphatic carbocycles. The van der Waals surface area contributed by atoms with Gasteiger partial charge in [-0.2, -0.15) is 5.10 Å². The molecule has 0 aliphatic heterocycles. The molecule has 19 heavy (non-hydrogen) atoms. The predicted molar refractivity (Wildman–Crippen MR) is 74.2 cm³/mol. The maximum atomic E-state index is 10.8. The fourth-order valence-corrected chi connectivity index (χ4v) is 2.29. The summed E-state index contributed by atoms with van der Waals surface area (Å²) in [5.41, 5.74) is 6.35. The number of benzene rings is 1. The number of nitrogens with zero attached hydrogens (tertiary/aromatic N) is 2. The van der Waals surface area contributed by atoms with Crippen LogP contribution in [0.25, 0.3) is 11.1 Å². The molecule has 4 heteroatoms. The van der Waals surface area contributed by atoms with Crippen LogP contribution < -0.4 is 0 Å². The van der Waals surface area contributed by atoms with E-state index in [1.807, 2.05) is 13.8 Å². The Bertz CT molecular complexity index is 642. The van der Waals surface area contributed by atoms with Gasteiger partial charge in [0.05, 0.1) is 5.69 Å². The Balaban J connectivity index is 2.52. The van der Waals surface area contributed by atoms with Crippen molar-refractivity contribution in [2.45, 2.75) is 34.2 Å². The molecule has 2 aromatic rings. The van der Waals surface area contributed by atoms with E-state index < -0.39 is 5.97 Å². The molecule has 0 amide bonds. The molecule has 1 aromatic heterocycles. The van der Waals surface area contributed by atoms with Gasteiger partial charge in [0.2, 0.25) is 0 Å². The molecule has 0 unspecified atom stereocenters. The highest BCUT2D eigenvalue weighted by Gasteiger charge is 2.15. The zero-order chi connectivity index (χ0) is 14.2. The van der Waals surface area contributed by atoms with Crippen molar-refractivity contribution in [2.24, 2.45) is 0 Å². The third kappa shape index (κ3) is 2.52. The van der Waals surface area contributed by atoms with Gasteiger partial charge in [-0.1, -0.05) is 18.2 Å². The third-order valence-corrected chi connectivity index (χ3v) is 3.46. The number of carboxylic acids is 1. The number of carboxylic acid groups (broad SMARTS) is 1. The molecule has 0 saturated heterocycles. The molecule has 0 aliphatic rings. The van der Waals surface area contributed by atoms with Crippen molar-refractivity contribution in [1.29, 1.82) is 0 Å². The normalized spacial score (nSPS) is 10.7. The summed E-state index contributed by atoms with van der Waals surface area (Å²) in [5, 5.41) is 13.2. The number of aryl methyl sites for hydroxylation is 3. The average molecular weight is 258 g/mol. The van der Waals surface area contributed by atoms with Crippen LogP contribution in [0.1, 0.15) is 22.5 Å². The number of aromatic nitrogens is 2. The van der Waals surface area contributed by atoms with Gasteiger partial charge in [0, 0.05) is 11.3 Å². The average Bonchev–Trinajstić information content (AvgIpc) is 2.58. The first-order valence-corrected chi connectivity index (χ1v) is 6.23. The Morgan fingerprint density at radius 1 is 1.21 bits per heavy atom. The number of rotatable bonds is 3. The largest absolute Gasteiger partial charge is 0.480 e. The summed E-state index contributed by atoms with van der Waals surface area (Å²) < 4.78 is 1.54. The minimum atomic E-state index is -0.878. The first-order valence-electron chi connectivity index (χ1n) is 6.23. The summed E-state index contributed by atoms with van der Waals surface area (Å²) in [5.74, 6) is -0.878. The molecular weight excluding hydrogens is 240 g/mol. The van der Waals surface area contributed by atoms with Gasteiger partial charge in [0.15, 0.2) is 0 Å². The molecule has 1 aromatic carbocycles. The molecule has 0 bridgehead atoms. The van der Waals surface area contributed by atoms with Crippen LogP contribution in [-0.2, 0) is 11.3 Å². The zero-order valence-corrected chi connectivity index (χ0v) is 11.7. The molecule has 0 atom stereocenters. The van der Waals surface area contributed by atoms with Crippen molar-refractivity contribution in [3.63, 3.8) is 0 Å². The molecule has 0 fully saturated rings. The van der Waals surface area contributed by atoms with Crippen molar-refractivity contribution >= 4 is 5.97 Å². The van der Waals surface area contributed by atoms with Crippen molar-refractivity contribution in [1.82, 2.24) is 9.78 Å². The molecule has 1 N–H and O–H groups in total. The maximum absolute atomic E-state index is 10.8. The topological polar surface area (TPSA) is 55.1 Å². The lowest BCUT2D eigenvalue weighted by Gasteiger charge is -2.06.